The number of H-pyrrole nitrogens is 1. The third-order valence-corrected chi connectivity index (χ3v) is 1.95. The number of rotatable bonds is 1. The van der Waals surface area contributed by atoms with Gasteiger partial charge in [0.15, 0.2) is 5.69 Å². The minimum Gasteiger partial charge on any atom is -0.264 e. The molecule has 0 aliphatic carbocycles. The summed E-state index contributed by atoms with van der Waals surface area (Å²) in [6.07, 6.45) is 3.37. The molecule has 0 aliphatic heterocycles. The summed E-state index contributed by atoms with van der Waals surface area (Å²) in [5.74, 6) is 0. The number of hydrogen-bond acceptors (Lipinski definition) is 4. The Balaban J connectivity index is 2.62. The zero-order chi connectivity index (χ0) is 9.97. The zero-order valence-electron chi connectivity index (χ0n) is 7.52. The highest BCUT2D eigenvalue weighted by Gasteiger charge is 2.11. The van der Waals surface area contributed by atoms with Gasteiger partial charge in [0.05, 0.1) is 0 Å². The van der Waals surface area contributed by atoms with Crippen LogP contribution in [0.4, 0.5) is 0 Å². The lowest BCUT2D eigenvalue weighted by Gasteiger charge is -1.99. The quantitative estimate of drug-likeness (QED) is 0.720. The van der Waals surface area contributed by atoms with Crippen LogP contribution in [0.3, 0.4) is 0 Å². The van der Waals surface area contributed by atoms with Crippen LogP contribution in [0.5, 0.6) is 0 Å². The monoisotopic (exact) mass is 185 g/mol. The summed E-state index contributed by atoms with van der Waals surface area (Å²) in [5, 5.41) is 18.8. The average molecular weight is 185 g/mol. The molecule has 14 heavy (non-hydrogen) atoms. The zero-order valence-corrected chi connectivity index (χ0v) is 7.52. The predicted octanol–water partition coefficient (Wildman–Crippen LogP) is 1.05. The molecule has 0 radical (unpaired) electrons. The second-order valence-corrected chi connectivity index (χ2v) is 2.82. The molecule has 5 heteroatoms. The van der Waals surface area contributed by atoms with Gasteiger partial charge in [-0.25, -0.2) is 0 Å². The van der Waals surface area contributed by atoms with Crippen molar-refractivity contribution in [2.45, 2.75) is 6.92 Å². The molecule has 2 aromatic heterocycles. The largest absolute Gasteiger partial charge is 0.264 e. The van der Waals surface area contributed by atoms with Crippen molar-refractivity contribution in [3.05, 3.63) is 29.7 Å². The fourth-order valence-electron chi connectivity index (χ4n) is 1.21. The van der Waals surface area contributed by atoms with Gasteiger partial charge >= 0.3 is 0 Å². The maximum absolute atomic E-state index is 8.77. The molecule has 0 saturated heterocycles. The van der Waals surface area contributed by atoms with Crippen molar-refractivity contribution in [3.63, 3.8) is 0 Å². The first-order chi connectivity index (χ1) is 6.83. The molecule has 0 amide bonds. The minimum absolute atomic E-state index is 0.293. The Morgan fingerprint density at radius 1 is 1.43 bits per heavy atom. The van der Waals surface area contributed by atoms with E-state index in [1.807, 2.05) is 19.1 Å². The standard InChI is InChI=1S/C9H7N5/c1-6-2-3-11-5-7(6)9-8(4-10)12-14-13-9/h2-3,5H,1H3,(H,12,13,14). The van der Waals surface area contributed by atoms with E-state index in [-0.39, 0.29) is 0 Å². The normalized spacial score (nSPS) is 9.71. The first kappa shape index (κ1) is 8.38. The summed E-state index contributed by atoms with van der Waals surface area (Å²) >= 11 is 0. The number of aromatic nitrogens is 4. The number of nitrogens with one attached hydrogen (secondary N) is 1. The topological polar surface area (TPSA) is 78.2 Å². The summed E-state index contributed by atoms with van der Waals surface area (Å²) in [6, 6.07) is 3.83. The van der Waals surface area contributed by atoms with E-state index in [0.717, 1.165) is 11.1 Å². The molecule has 2 rings (SSSR count). The van der Waals surface area contributed by atoms with Gasteiger partial charge in [-0.2, -0.15) is 15.6 Å². The van der Waals surface area contributed by atoms with Crippen molar-refractivity contribution >= 4 is 0 Å². The summed E-state index contributed by atoms with van der Waals surface area (Å²) in [4.78, 5) is 3.99. The molecule has 0 fully saturated rings. The smallest absolute Gasteiger partial charge is 0.190 e. The highest BCUT2D eigenvalue weighted by molar-refractivity contribution is 5.66. The van der Waals surface area contributed by atoms with Crippen LogP contribution in [0.1, 0.15) is 11.3 Å². The van der Waals surface area contributed by atoms with Gasteiger partial charge in [-0.05, 0) is 18.6 Å². The van der Waals surface area contributed by atoms with Crippen LogP contribution >= 0.6 is 0 Å². The van der Waals surface area contributed by atoms with Crippen molar-refractivity contribution < 1.29 is 0 Å². The third-order valence-electron chi connectivity index (χ3n) is 1.95. The summed E-state index contributed by atoms with van der Waals surface area (Å²) in [7, 11) is 0. The van der Waals surface area contributed by atoms with E-state index in [2.05, 4.69) is 20.4 Å². The molecule has 0 bridgehead atoms. The highest BCUT2D eigenvalue weighted by Crippen LogP contribution is 2.21. The molecule has 5 nitrogen and oxygen atoms in total. The summed E-state index contributed by atoms with van der Waals surface area (Å²) in [6.45, 7) is 1.94. The number of nitrogens with zero attached hydrogens (tertiary/aromatic N) is 4. The van der Waals surface area contributed by atoms with E-state index in [9.17, 15) is 0 Å². The van der Waals surface area contributed by atoms with E-state index < -0.39 is 0 Å². The van der Waals surface area contributed by atoms with Crippen LogP contribution in [0.2, 0.25) is 0 Å². The van der Waals surface area contributed by atoms with Gasteiger partial charge in [-0.3, -0.25) is 4.98 Å². The number of aromatic amines is 1. The van der Waals surface area contributed by atoms with Crippen LogP contribution in [0, 0.1) is 18.3 Å². The van der Waals surface area contributed by atoms with Gasteiger partial charge in [-0.1, -0.05) is 0 Å². The van der Waals surface area contributed by atoms with Crippen LogP contribution in [0.15, 0.2) is 18.5 Å². The summed E-state index contributed by atoms with van der Waals surface area (Å²) < 4.78 is 0. The molecule has 68 valence electrons. The molecule has 1 N–H and O–H groups in total. The Hall–Kier alpha value is -2.22. The van der Waals surface area contributed by atoms with Gasteiger partial charge in [0.2, 0.25) is 0 Å². The predicted molar refractivity (Wildman–Crippen MR) is 49.1 cm³/mol. The van der Waals surface area contributed by atoms with Gasteiger partial charge in [0.1, 0.15) is 11.8 Å². The third kappa shape index (κ3) is 1.23. The van der Waals surface area contributed by atoms with Crippen molar-refractivity contribution in [2.75, 3.05) is 0 Å². The average Bonchev–Trinajstić information content (AvgIpc) is 2.66. The molecule has 0 spiro atoms. The number of aryl methyl sites for hydroxylation is 1. The Labute approximate surface area is 80.4 Å². The van der Waals surface area contributed by atoms with Crippen LogP contribution in [-0.4, -0.2) is 20.4 Å². The molecule has 2 aromatic rings. The molecule has 0 atom stereocenters. The first-order valence-electron chi connectivity index (χ1n) is 4.05. The fraction of sp³-hybridized carbons (Fsp3) is 0.111. The maximum Gasteiger partial charge on any atom is 0.190 e. The lowest BCUT2D eigenvalue weighted by molar-refractivity contribution is 0.936. The van der Waals surface area contributed by atoms with E-state index in [0.29, 0.717) is 11.4 Å². The number of hydrogen-bond donors (Lipinski definition) is 1. The Bertz CT molecular complexity index is 494. The molecule has 0 aliphatic rings. The summed E-state index contributed by atoms with van der Waals surface area (Å²) in [5.41, 5.74) is 2.70. The van der Waals surface area contributed by atoms with Gasteiger partial charge in [-0.15, -0.1) is 5.10 Å². The number of pyridine rings is 1. The van der Waals surface area contributed by atoms with Crippen molar-refractivity contribution in [2.24, 2.45) is 0 Å². The fourth-order valence-corrected chi connectivity index (χ4v) is 1.21. The van der Waals surface area contributed by atoms with Crippen molar-refractivity contribution in [1.29, 1.82) is 5.26 Å². The first-order valence-corrected chi connectivity index (χ1v) is 4.05. The second-order valence-electron chi connectivity index (χ2n) is 2.82. The molecule has 0 unspecified atom stereocenters. The van der Waals surface area contributed by atoms with E-state index in [1.54, 1.807) is 12.4 Å². The maximum atomic E-state index is 8.77. The Morgan fingerprint density at radius 2 is 2.29 bits per heavy atom. The lowest BCUT2D eigenvalue weighted by Crippen LogP contribution is -1.87. The molecular weight excluding hydrogens is 178 g/mol. The Kier molecular flexibility index (Phi) is 1.95. The molecule has 2 heterocycles. The van der Waals surface area contributed by atoms with Gasteiger partial charge < -0.3 is 0 Å². The van der Waals surface area contributed by atoms with E-state index in [4.69, 9.17) is 5.26 Å². The number of nitriles is 1. The highest BCUT2D eigenvalue weighted by atomic mass is 15.3. The minimum atomic E-state index is 0.293. The van der Waals surface area contributed by atoms with Crippen molar-refractivity contribution in [1.82, 2.24) is 20.4 Å². The van der Waals surface area contributed by atoms with Crippen molar-refractivity contribution in [3.8, 4) is 17.3 Å². The Morgan fingerprint density at radius 3 is 3.00 bits per heavy atom. The SMILES string of the molecule is Cc1ccncc1-c1n[nH]nc1C#N. The van der Waals surface area contributed by atoms with E-state index >= 15 is 0 Å². The van der Waals surface area contributed by atoms with Gasteiger partial charge in [0, 0.05) is 18.0 Å². The van der Waals surface area contributed by atoms with E-state index in [1.165, 1.54) is 0 Å². The van der Waals surface area contributed by atoms with Crippen LogP contribution in [-0.2, 0) is 0 Å². The second kappa shape index (κ2) is 3.26. The van der Waals surface area contributed by atoms with Gasteiger partial charge in [0.25, 0.3) is 0 Å². The molecule has 0 aromatic carbocycles. The van der Waals surface area contributed by atoms with Crippen LogP contribution in [0.25, 0.3) is 11.3 Å². The molecule has 0 saturated carbocycles. The lowest BCUT2D eigenvalue weighted by atomic mass is 10.1. The molecular formula is C9H7N5. The van der Waals surface area contributed by atoms with Crippen LogP contribution < -0.4 is 0 Å².